The lowest BCUT2D eigenvalue weighted by Crippen LogP contribution is -2.50. The van der Waals surface area contributed by atoms with E-state index < -0.39 is 38.3 Å². The number of carbonyl (C=O) groups excluding carboxylic acids is 1. The van der Waals surface area contributed by atoms with Crippen molar-refractivity contribution in [2.75, 3.05) is 33.9 Å². The zero-order valence-corrected chi connectivity index (χ0v) is 26.4. The minimum atomic E-state index is -4.36. The molecule has 3 N–H and O–H groups in total. The predicted octanol–water partition coefficient (Wildman–Crippen LogP) is 5.18. The summed E-state index contributed by atoms with van der Waals surface area (Å²) in [4.78, 5) is 24.4. The first-order valence-electron chi connectivity index (χ1n) is 15.2. The number of ether oxygens (including phenoxy) is 1. The van der Waals surface area contributed by atoms with Gasteiger partial charge in [0.05, 0.1) is 27.2 Å². The van der Waals surface area contributed by atoms with Crippen molar-refractivity contribution in [3.8, 4) is 0 Å². The first kappa shape index (κ1) is 38.9. The summed E-state index contributed by atoms with van der Waals surface area (Å²) in [6, 6.07) is 0. The Morgan fingerprint density at radius 2 is 1.35 bits per heavy atom. The smallest absolute Gasteiger partial charge is 0.305 e. The van der Waals surface area contributed by atoms with Gasteiger partial charge in [-0.15, -0.1) is 0 Å². The number of allylic oxidation sites excluding steroid dienone is 4. The van der Waals surface area contributed by atoms with Crippen LogP contribution in [0, 0.1) is 0 Å². The third-order valence-electron chi connectivity index (χ3n) is 7.10. The van der Waals surface area contributed by atoms with E-state index in [1.807, 2.05) is 0 Å². The summed E-state index contributed by atoms with van der Waals surface area (Å²) in [5.74, 6) is -1.38. The molecule has 40 heavy (non-hydrogen) atoms. The lowest BCUT2D eigenvalue weighted by molar-refractivity contribution is -0.902. The van der Waals surface area contributed by atoms with E-state index in [9.17, 15) is 19.4 Å². The number of aliphatic hydroxyl groups excluding tert-OH is 2. The Morgan fingerprint density at radius 3 is 1.90 bits per heavy atom. The summed E-state index contributed by atoms with van der Waals surface area (Å²) in [7, 11) is -1.07. The monoisotopic (exact) mass is 591 g/mol. The largest absolute Gasteiger partial charge is 0.774 e. The highest BCUT2D eigenvalue weighted by atomic mass is 31.2. The zero-order valence-electron chi connectivity index (χ0n) is 25.5. The molecule has 0 aromatic heterocycles. The van der Waals surface area contributed by atoms with Crippen LogP contribution < -0.4 is 4.89 Å². The maximum atomic E-state index is 12.5. The van der Waals surface area contributed by atoms with Crippen LogP contribution in [0.3, 0.4) is 0 Å². The van der Waals surface area contributed by atoms with Crippen molar-refractivity contribution in [3.63, 3.8) is 0 Å². The molecule has 0 aliphatic carbocycles. The van der Waals surface area contributed by atoms with Gasteiger partial charge in [-0.1, -0.05) is 63.3 Å². The van der Waals surface area contributed by atoms with Crippen molar-refractivity contribution < 1.29 is 43.3 Å². The normalized spacial score (nSPS) is 15.6. The summed E-state index contributed by atoms with van der Waals surface area (Å²) in [5, 5.41) is 28.1. The number of quaternary nitrogens is 1. The van der Waals surface area contributed by atoms with Crippen molar-refractivity contribution >= 4 is 13.6 Å². The summed E-state index contributed by atoms with van der Waals surface area (Å²) in [6.07, 6.45) is 21.4. The van der Waals surface area contributed by atoms with Crippen LogP contribution in [-0.4, -0.2) is 77.8 Å². The quantitative estimate of drug-likeness (QED) is 0.0313. The highest BCUT2D eigenvalue weighted by Gasteiger charge is 2.34. The molecule has 0 rings (SSSR count). The number of carbonyl (C=O) groups is 1. The van der Waals surface area contributed by atoms with Gasteiger partial charge in [0, 0.05) is 12.8 Å². The molecule has 2 unspecified atom stereocenters. The van der Waals surface area contributed by atoms with Gasteiger partial charge < -0.3 is 38.5 Å². The second-order valence-electron chi connectivity index (χ2n) is 11.3. The van der Waals surface area contributed by atoms with Crippen LogP contribution in [0.1, 0.15) is 110 Å². The van der Waals surface area contributed by atoms with Gasteiger partial charge in [0.25, 0.3) is 0 Å². The summed E-state index contributed by atoms with van der Waals surface area (Å²) in [6.45, 7) is 3.05. The van der Waals surface area contributed by atoms with Gasteiger partial charge in [0.15, 0.2) is 13.9 Å². The molecule has 0 aliphatic heterocycles. The van der Waals surface area contributed by atoms with Crippen LogP contribution in [0.5, 0.6) is 0 Å². The molecule has 3 atom stereocenters. The number of rotatable bonds is 26. The fourth-order valence-electron chi connectivity index (χ4n) is 4.03. The van der Waals surface area contributed by atoms with Gasteiger partial charge in [-0.25, -0.2) is 0 Å². The summed E-state index contributed by atoms with van der Waals surface area (Å²) < 4.78 is 22.5. The van der Waals surface area contributed by atoms with E-state index in [1.165, 1.54) is 51.9 Å². The fraction of sp³-hybridized carbons (Fsp3) is 0.833. The van der Waals surface area contributed by atoms with Crippen molar-refractivity contribution in [2.45, 2.75) is 128 Å². The molecule has 0 aromatic rings. The molecular weight excluding hydrogens is 533 g/mol. The van der Waals surface area contributed by atoms with E-state index in [0.29, 0.717) is 0 Å². The Bertz CT molecular complexity index is 741. The Labute approximate surface area is 243 Å². The molecular formula is C30H58NO8P. The van der Waals surface area contributed by atoms with Crippen LogP contribution in [0.2, 0.25) is 0 Å². The van der Waals surface area contributed by atoms with Crippen LogP contribution in [-0.2, 0) is 18.6 Å². The molecule has 0 spiro atoms. The second-order valence-corrected chi connectivity index (χ2v) is 13.3. The standard InChI is InChI=1S/C30H58NO8P/c1-5-6-7-8-9-10-11-12-13-14-15-16-17-18-19-20-21-22-30(35)38-25-28(32)26-39-40(36,37)27(2)31(3,4)24-23-29(33)34/h7-8,13-14,27-29,32-34H,5-6,9-12,15-26H2,1-4H3/b8-7-,14-13-/t27?,28-/m1/s1. The molecule has 0 amide bonds. The minimum Gasteiger partial charge on any atom is -0.774 e. The number of nitrogens with zero attached hydrogens (tertiary/aromatic N) is 1. The highest BCUT2D eigenvalue weighted by Crippen LogP contribution is 2.46. The van der Waals surface area contributed by atoms with Gasteiger partial charge >= 0.3 is 5.97 Å². The zero-order chi connectivity index (χ0) is 30.3. The van der Waals surface area contributed by atoms with E-state index in [1.54, 1.807) is 14.1 Å². The van der Waals surface area contributed by atoms with Crippen LogP contribution in [0.15, 0.2) is 24.3 Å². The van der Waals surface area contributed by atoms with E-state index in [0.717, 1.165) is 38.5 Å². The number of hydrogen-bond donors (Lipinski definition) is 3. The Balaban J connectivity index is 3.81. The highest BCUT2D eigenvalue weighted by molar-refractivity contribution is 7.51. The molecule has 0 aromatic carbocycles. The molecule has 0 saturated heterocycles. The van der Waals surface area contributed by atoms with Crippen LogP contribution >= 0.6 is 7.60 Å². The van der Waals surface area contributed by atoms with Gasteiger partial charge in [-0.05, 0) is 58.3 Å². The first-order valence-corrected chi connectivity index (χ1v) is 16.8. The maximum absolute atomic E-state index is 12.5. The molecule has 0 fully saturated rings. The third-order valence-corrected chi connectivity index (χ3v) is 9.15. The minimum absolute atomic E-state index is 0.0194. The average molecular weight is 592 g/mol. The lowest BCUT2D eigenvalue weighted by atomic mass is 10.1. The fourth-order valence-corrected chi connectivity index (χ4v) is 5.50. The second kappa shape index (κ2) is 23.5. The van der Waals surface area contributed by atoms with Crippen molar-refractivity contribution in [1.82, 2.24) is 0 Å². The molecule has 0 aliphatic rings. The SMILES string of the molecule is CCC/C=C\CCCC/C=C\CCCCCCCCC(=O)OC[C@@H](O)COP(=O)([O-])C(C)[N+](C)(C)CCC(O)O. The number of aliphatic hydroxyl groups is 3. The summed E-state index contributed by atoms with van der Waals surface area (Å²) in [5.41, 5.74) is 0. The maximum Gasteiger partial charge on any atom is 0.305 e. The molecule has 0 bridgehead atoms. The third kappa shape index (κ3) is 21.7. The predicted molar refractivity (Wildman–Crippen MR) is 158 cm³/mol. The van der Waals surface area contributed by atoms with Gasteiger partial charge in [0.2, 0.25) is 0 Å². The molecule has 9 nitrogen and oxygen atoms in total. The van der Waals surface area contributed by atoms with Crippen LogP contribution in [0.4, 0.5) is 0 Å². The molecule has 0 heterocycles. The van der Waals surface area contributed by atoms with Crippen LogP contribution in [0.25, 0.3) is 0 Å². The molecule has 236 valence electrons. The Morgan fingerprint density at radius 1 is 0.850 bits per heavy atom. The lowest BCUT2D eigenvalue weighted by Gasteiger charge is -2.42. The molecule has 10 heteroatoms. The van der Waals surface area contributed by atoms with Gasteiger partial charge in [0.1, 0.15) is 18.5 Å². The van der Waals surface area contributed by atoms with E-state index >= 15 is 0 Å². The Kier molecular flexibility index (Phi) is 22.9. The van der Waals surface area contributed by atoms with Crippen molar-refractivity contribution in [3.05, 3.63) is 24.3 Å². The molecule has 0 saturated carbocycles. The van der Waals surface area contributed by atoms with Crippen molar-refractivity contribution in [1.29, 1.82) is 0 Å². The van der Waals surface area contributed by atoms with E-state index in [2.05, 4.69) is 31.2 Å². The number of esters is 1. The first-order chi connectivity index (χ1) is 18.9. The average Bonchev–Trinajstić information content (AvgIpc) is 2.91. The van der Waals surface area contributed by atoms with Crippen molar-refractivity contribution in [2.24, 2.45) is 0 Å². The topological polar surface area (TPSA) is 136 Å². The van der Waals surface area contributed by atoms with E-state index in [4.69, 9.17) is 19.5 Å². The van der Waals surface area contributed by atoms with Gasteiger partial charge in [-0.2, -0.15) is 0 Å². The Hall–Kier alpha value is -1.06. The van der Waals surface area contributed by atoms with E-state index in [-0.39, 0.29) is 30.5 Å². The number of unbranched alkanes of at least 4 members (excludes halogenated alkanes) is 10. The number of hydrogen-bond acceptors (Lipinski definition) is 8. The van der Waals surface area contributed by atoms with Gasteiger partial charge in [-0.3, -0.25) is 4.79 Å². The molecule has 0 radical (unpaired) electrons. The summed E-state index contributed by atoms with van der Waals surface area (Å²) >= 11 is 0.